The Labute approximate surface area is 115 Å². The second-order valence-electron chi connectivity index (χ2n) is 3.88. The zero-order valence-electron chi connectivity index (χ0n) is 9.82. The summed E-state index contributed by atoms with van der Waals surface area (Å²) < 4.78 is 27.6. The van der Waals surface area contributed by atoms with Gasteiger partial charge >= 0.3 is 5.69 Å². The van der Waals surface area contributed by atoms with Gasteiger partial charge in [0.05, 0.1) is 12.1 Å². The number of carbonyl (C=O) groups excluding carboxylic acids is 1. The highest BCUT2D eigenvalue weighted by Gasteiger charge is 2.18. The van der Waals surface area contributed by atoms with Crippen LogP contribution in [0.3, 0.4) is 0 Å². The number of aromatic nitrogens is 2. The summed E-state index contributed by atoms with van der Waals surface area (Å²) >= 11 is 5.51. The average molecular weight is 301 g/mol. The Kier molecular flexibility index (Phi) is 3.80. The minimum absolute atomic E-state index is 0.314. The van der Waals surface area contributed by atoms with Gasteiger partial charge in [-0.05, 0) is 12.1 Å². The highest BCUT2D eigenvalue weighted by atomic mass is 35.5. The molecule has 1 aromatic carbocycles. The molecule has 0 saturated heterocycles. The largest absolute Gasteiger partial charge is 0.328 e. The zero-order chi connectivity index (χ0) is 14.9. The van der Waals surface area contributed by atoms with Crippen molar-refractivity contribution in [1.82, 2.24) is 9.55 Å². The van der Waals surface area contributed by atoms with E-state index in [0.717, 1.165) is 29.0 Å². The summed E-state index contributed by atoms with van der Waals surface area (Å²) in [5, 5.41) is -0.314. The van der Waals surface area contributed by atoms with Gasteiger partial charge in [-0.2, -0.15) is 0 Å². The molecule has 5 nitrogen and oxygen atoms in total. The van der Waals surface area contributed by atoms with Crippen molar-refractivity contribution in [1.29, 1.82) is 0 Å². The number of hydrogen-bond acceptors (Lipinski definition) is 3. The molecule has 0 saturated carbocycles. The first-order chi connectivity index (χ1) is 9.40. The molecule has 0 atom stereocenters. The molecule has 0 radical (unpaired) electrons. The predicted molar refractivity (Wildman–Crippen MR) is 67.0 cm³/mol. The molecule has 0 amide bonds. The van der Waals surface area contributed by atoms with Crippen molar-refractivity contribution >= 4 is 17.4 Å². The number of benzene rings is 1. The Morgan fingerprint density at radius 1 is 1.25 bits per heavy atom. The van der Waals surface area contributed by atoms with E-state index in [4.69, 9.17) is 11.6 Å². The Morgan fingerprint density at radius 3 is 2.45 bits per heavy atom. The molecule has 20 heavy (non-hydrogen) atoms. The molecule has 0 fully saturated rings. The monoisotopic (exact) mass is 300 g/mol. The fourth-order valence-electron chi connectivity index (χ4n) is 1.60. The quantitative estimate of drug-likeness (QED) is 0.870. The van der Waals surface area contributed by atoms with Crippen LogP contribution in [-0.4, -0.2) is 15.3 Å². The number of halogens is 3. The van der Waals surface area contributed by atoms with E-state index in [1.165, 1.54) is 0 Å². The molecule has 0 unspecified atom stereocenters. The van der Waals surface area contributed by atoms with Gasteiger partial charge in [-0.3, -0.25) is 19.1 Å². The number of hydrogen-bond donors (Lipinski definition) is 1. The summed E-state index contributed by atoms with van der Waals surface area (Å²) in [7, 11) is 0. The topological polar surface area (TPSA) is 71.9 Å². The van der Waals surface area contributed by atoms with E-state index in [1.54, 1.807) is 0 Å². The molecule has 8 heteroatoms. The van der Waals surface area contributed by atoms with Crippen molar-refractivity contribution in [2.75, 3.05) is 0 Å². The summed E-state index contributed by atoms with van der Waals surface area (Å²) in [5.41, 5.74) is -2.45. The molecule has 1 N–H and O–H groups in total. The Bertz CT molecular complexity index is 778. The van der Waals surface area contributed by atoms with Gasteiger partial charge < -0.3 is 0 Å². The van der Waals surface area contributed by atoms with Crippen LogP contribution in [0.4, 0.5) is 8.78 Å². The van der Waals surface area contributed by atoms with Crippen LogP contribution < -0.4 is 11.2 Å². The van der Waals surface area contributed by atoms with Gasteiger partial charge in [-0.15, -0.1) is 0 Å². The summed E-state index contributed by atoms with van der Waals surface area (Å²) in [5.74, 6) is -3.01. The van der Waals surface area contributed by atoms with Gasteiger partial charge in [0.25, 0.3) is 5.56 Å². The zero-order valence-corrected chi connectivity index (χ0v) is 10.6. The highest BCUT2D eigenvalue weighted by Crippen LogP contribution is 2.13. The maximum absolute atomic E-state index is 13.4. The molecule has 0 spiro atoms. The number of nitrogens with zero attached hydrogens (tertiary/aromatic N) is 1. The molecular weight excluding hydrogens is 294 g/mol. The third kappa shape index (κ3) is 2.67. The van der Waals surface area contributed by atoms with Gasteiger partial charge in [0.2, 0.25) is 0 Å². The minimum Gasteiger partial charge on any atom is -0.292 e. The van der Waals surface area contributed by atoms with E-state index in [-0.39, 0.29) is 5.02 Å². The van der Waals surface area contributed by atoms with Gasteiger partial charge in [0.1, 0.15) is 16.7 Å². The van der Waals surface area contributed by atoms with Crippen LogP contribution in [0.2, 0.25) is 5.02 Å². The molecule has 2 rings (SSSR count). The second-order valence-corrected chi connectivity index (χ2v) is 4.29. The van der Waals surface area contributed by atoms with Crippen LogP contribution >= 0.6 is 11.6 Å². The van der Waals surface area contributed by atoms with Crippen LogP contribution in [0.1, 0.15) is 10.4 Å². The van der Waals surface area contributed by atoms with Gasteiger partial charge in [0.15, 0.2) is 5.78 Å². The van der Waals surface area contributed by atoms with Crippen LogP contribution in [0.25, 0.3) is 0 Å². The smallest absolute Gasteiger partial charge is 0.292 e. The lowest BCUT2D eigenvalue weighted by Crippen LogP contribution is -2.32. The summed E-state index contributed by atoms with van der Waals surface area (Å²) in [6, 6.07) is 2.97. The van der Waals surface area contributed by atoms with Gasteiger partial charge in [0, 0.05) is 6.20 Å². The maximum atomic E-state index is 13.4. The molecule has 0 aliphatic rings. The number of nitrogens with one attached hydrogen (secondary N) is 1. The lowest BCUT2D eigenvalue weighted by Gasteiger charge is -2.06. The lowest BCUT2D eigenvalue weighted by molar-refractivity contribution is 0.0962. The molecule has 104 valence electrons. The van der Waals surface area contributed by atoms with Crippen molar-refractivity contribution in [3.05, 3.63) is 67.5 Å². The standard InChI is InChI=1S/C12H7ClF2N2O3/c13-6-4-17(12(20)16-11(6)19)5-9(18)10-7(14)2-1-3-8(10)15/h1-4H,5H2,(H,16,19,20). The third-order valence-corrected chi connectivity index (χ3v) is 2.79. The molecular formula is C12H7ClF2N2O3. The fourth-order valence-corrected chi connectivity index (χ4v) is 1.76. The van der Waals surface area contributed by atoms with E-state index in [1.807, 2.05) is 4.98 Å². The molecule has 1 aromatic heterocycles. The number of aromatic amines is 1. The Balaban J connectivity index is 2.41. The SMILES string of the molecule is O=C(Cn1cc(Cl)c(=O)[nH]c1=O)c1c(F)cccc1F. The molecule has 0 aliphatic carbocycles. The normalized spacial score (nSPS) is 10.6. The van der Waals surface area contributed by atoms with Crippen molar-refractivity contribution in [2.45, 2.75) is 6.54 Å². The number of carbonyl (C=O) groups is 1. The third-order valence-electron chi connectivity index (χ3n) is 2.52. The van der Waals surface area contributed by atoms with Crippen LogP contribution in [0.5, 0.6) is 0 Å². The predicted octanol–water partition coefficient (Wildman–Crippen LogP) is 1.35. The first-order valence-electron chi connectivity index (χ1n) is 5.36. The van der Waals surface area contributed by atoms with E-state index in [2.05, 4.69) is 0 Å². The van der Waals surface area contributed by atoms with Crippen molar-refractivity contribution in [3.8, 4) is 0 Å². The highest BCUT2D eigenvalue weighted by molar-refractivity contribution is 6.30. The summed E-state index contributed by atoms with van der Waals surface area (Å²) in [6.07, 6.45) is 0.930. The molecule has 0 aliphatic heterocycles. The Morgan fingerprint density at radius 2 is 1.85 bits per heavy atom. The fraction of sp³-hybridized carbons (Fsp3) is 0.0833. The lowest BCUT2D eigenvalue weighted by atomic mass is 10.1. The second kappa shape index (κ2) is 5.38. The molecule has 1 heterocycles. The number of ketones is 1. The van der Waals surface area contributed by atoms with Crippen LogP contribution in [-0.2, 0) is 6.54 Å². The summed E-state index contributed by atoms with van der Waals surface area (Å²) in [4.78, 5) is 36.2. The van der Waals surface area contributed by atoms with E-state index in [9.17, 15) is 23.2 Å². The van der Waals surface area contributed by atoms with Crippen LogP contribution in [0, 0.1) is 11.6 Å². The van der Waals surface area contributed by atoms with Gasteiger partial charge in [-0.25, -0.2) is 13.6 Å². The number of Topliss-reactive ketones (excluding diaryl/α,β-unsaturated/α-hetero) is 1. The first kappa shape index (κ1) is 14.1. The molecule has 0 bridgehead atoms. The molecule has 2 aromatic rings. The van der Waals surface area contributed by atoms with E-state index >= 15 is 0 Å². The van der Waals surface area contributed by atoms with E-state index in [0.29, 0.717) is 0 Å². The first-order valence-corrected chi connectivity index (χ1v) is 5.74. The minimum atomic E-state index is -1.03. The average Bonchev–Trinajstić information content (AvgIpc) is 2.35. The van der Waals surface area contributed by atoms with Gasteiger partial charge in [-0.1, -0.05) is 17.7 Å². The Hall–Kier alpha value is -2.28. The van der Waals surface area contributed by atoms with Crippen molar-refractivity contribution in [3.63, 3.8) is 0 Å². The van der Waals surface area contributed by atoms with Crippen LogP contribution in [0.15, 0.2) is 34.0 Å². The maximum Gasteiger partial charge on any atom is 0.328 e. The van der Waals surface area contributed by atoms with Crippen molar-refractivity contribution in [2.24, 2.45) is 0 Å². The van der Waals surface area contributed by atoms with Crippen molar-refractivity contribution < 1.29 is 13.6 Å². The number of H-pyrrole nitrogens is 1. The number of rotatable bonds is 3. The summed E-state index contributed by atoms with van der Waals surface area (Å²) in [6.45, 7) is -0.646. The van der Waals surface area contributed by atoms with E-state index < -0.39 is 40.8 Å².